The zero-order chi connectivity index (χ0) is 15.1. The first-order valence-electron chi connectivity index (χ1n) is 8.85. The summed E-state index contributed by atoms with van der Waals surface area (Å²) in [5.41, 5.74) is 1.56. The number of unbranched alkanes of at least 4 members (excludes halogenated alkanes) is 1. The van der Waals surface area contributed by atoms with E-state index in [1.807, 2.05) is 0 Å². The average Bonchev–Trinajstić information content (AvgIpc) is 2.56. The van der Waals surface area contributed by atoms with Crippen molar-refractivity contribution >= 4 is 0 Å². The van der Waals surface area contributed by atoms with E-state index < -0.39 is 0 Å². The second-order valence-electron chi connectivity index (χ2n) is 6.73. The van der Waals surface area contributed by atoms with E-state index in [1.54, 1.807) is 0 Å². The third kappa shape index (κ3) is 4.55. The number of benzene rings is 1. The molecular formula is C19H29NO2. The first-order chi connectivity index (χ1) is 10.9. The summed E-state index contributed by atoms with van der Waals surface area (Å²) in [6.07, 6.45) is 8.16. The molecule has 0 unspecified atom stereocenters. The van der Waals surface area contributed by atoms with Gasteiger partial charge in [-0.3, -0.25) is 0 Å². The van der Waals surface area contributed by atoms with Crippen molar-refractivity contribution in [3.63, 3.8) is 0 Å². The molecule has 1 spiro atoms. The van der Waals surface area contributed by atoms with Crippen molar-refractivity contribution in [1.29, 1.82) is 0 Å². The van der Waals surface area contributed by atoms with Gasteiger partial charge in [-0.15, -0.1) is 0 Å². The predicted molar refractivity (Wildman–Crippen MR) is 89.1 cm³/mol. The highest BCUT2D eigenvalue weighted by atomic mass is 16.5. The van der Waals surface area contributed by atoms with Gasteiger partial charge in [-0.05, 0) is 57.1 Å². The number of aryl methyl sites for hydroxylation is 1. The molecule has 22 heavy (non-hydrogen) atoms. The summed E-state index contributed by atoms with van der Waals surface area (Å²) in [5.74, 6) is 0. The van der Waals surface area contributed by atoms with E-state index >= 15 is 0 Å². The highest BCUT2D eigenvalue weighted by molar-refractivity contribution is 5.14. The van der Waals surface area contributed by atoms with Crippen LogP contribution in [0, 0.1) is 0 Å². The Hall–Kier alpha value is -0.900. The van der Waals surface area contributed by atoms with E-state index in [2.05, 4.69) is 35.6 Å². The minimum absolute atomic E-state index is 0.109. The summed E-state index contributed by atoms with van der Waals surface area (Å²) in [6.45, 7) is 3.76. The van der Waals surface area contributed by atoms with Crippen LogP contribution in [0.25, 0.3) is 0 Å². The van der Waals surface area contributed by atoms with Gasteiger partial charge in [0.25, 0.3) is 0 Å². The highest BCUT2D eigenvalue weighted by Gasteiger charge is 2.38. The summed E-state index contributed by atoms with van der Waals surface area (Å²) in [4.78, 5) is 0. The van der Waals surface area contributed by atoms with E-state index in [9.17, 15) is 0 Å². The van der Waals surface area contributed by atoms with Gasteiger partial charge >= 0.3 is 0 Å². The second kappa shape index (κ2) is 8.09. The maximum absolute atomic E-state index is 6.10. The second-order valence-corrected chi connectivity index (χ2v) is 6.73. The Morgan fingerprint density at radius 3 is 2.68 bits per heavy atom. The highest BCUT2D eigenvalue weighted by Crippen LogP contribution is 2.34. The fourth-order valence-corrected chi connectivity index (χ4v) is 3.70. The average molecular weight is 303 g/mol. The van der Waals surface area contributed by atoms with Crippen molar-refractivity contribution in [2.24, 2.45) is 0 Å². The van der Waals surface area contributed by atoms with E-state index in [0.717, 1.165) is 52.0 Å². The van der Waals surface area contributed by atoms with Crippen LogP contribution in [0.4, 0.5) is 0 Å². The smallest absolute Gasteiger partial charge is 0.0741 e. The first-order valence-corrected chi connectivity index (χ1v) is 8.85. The van der Waals surface area contributed by atoms with Gasteiger partial charge in [-0.1, -0.05) is 30.3 Å². The van der Waals surface area contributed by atoms with Crippen LogP contribution in [0.2, 0.25) is 0 Å². The summed E-state index contributed by atoms with van der Waals surface area (Å²) in [7, 11) is 0. The minimum Gasteiger partial charge on any atom is -0.381 e. The topological polar surface area (TPSA) is 30.5 Å². The van der Waals surface area contributed by atoms with Gasteiger partial charge in [0.05, 0.1) is 5.60 Å². The predicted octanol–water partition coefficient (Wildman–Crippen LogP) is 3.33. The van der Waals surface area contributed by atoms with Crippen molar-refractivity contribution in [3.05, 3.63) is 35.9 Å². The standard InChI is InChI=1S/C19H29NO2/c1-2-6-17(7-3-1)8-4-5-12-20-18-9-13-22-19(16-18)10-14-21-15-11-19/h1-3,6-7,18,20H,4-5,8-16H2/t18-/m0/s1. The van der Waals surface area contributed by atoms with E-state index in [4.69, 9.17) is 9.47 Å². The molecular weight excluding hydrogens is 274 g/mol. The first kappa shape index (κ1) is 16.0. The van der Waals surface area contributed by atoms with Crippen LogP contribution in [0.5, 0.6) is 0 Å². The monoisotopic (exact) mass is 303 g/mol. The molecule has 3 heteroatoms. The van der Waals surface area contributed by atoms with Crippen molar-refractivity contribution in [2.75, 3.05) is 26.4 Å². The molecule has 3 rings (SSSR count). The van der Waals surface area contributed by atoms with Gasteiger partial charge < -0.3 is 14.8 Å². The van der Waals surface area contributed by atoms with E-state index in [0.29, 0.717) is 6.04 Å². The maximum Gasteiger partial charge on any atom is 0.0741 e. The van der Waals surface area contributed by atoms with Gasteiger partial charge in [0.15, 0.2) is 0 Å². The Morgan fingerprint density at radius 1 is 1.05 bits per heavy atom. The molecule has 3 nitrogen and oxygen atoms in total. The molecule has 0 amide bonds. The van der Waals surface area contributed by atoms with Crippen LogP contribution in [-0.4, -0.2) is 38.0 Å². The lowest BCUT2D eigenvalue weighted by Crippen LogP contribution is -2.50. The molecule has 2 fully saturated rings. The zero-order valence-corrected chi connectivity index (χ0v) is 13.6. The lowest BCUT2D eigenvalue weighted by molar-refractivity contribution is -0.140. The van der Waals surface area contributed by atoms with Crippen molar-refractivity contribution in [2.45, 2.75) is 56.6 Å². The molecule has 0 saturated carbocycles. The minimum atomic E-state index is 0.109. The summed E-state index contributed by atoms with van der Waals surface area (Å²) in [6, 6.07) is 11.4. The van der Waals surface area contributed by atoms with Crippen molar-refractivity contribution in [1.82, 2.24) is 5.32 Å². The number of ether oxygens (including phenoxy) is 2. The Labute approximate surface area is 134 Å². The van der Waals surface area contributed by atoms with Crippen LogP contribution >= 0.6 is 0 Å². The largest absolute Gasteiger partial charge is 0.381 e. The van der Waals surface area contributed by atoms with Crippen LogP contribution in [0.15, 0.2) is 30.3 Å². The van der Waals surface area contributed by atoms with Crippen molar-refractivity contribution in [3.8, 4) is 0 Å². The molecule has 0 bridgehead atoms. The lowest BCUT2D eigenvalue weighted by Gasteiger charge is -2.43. The third-order valence-electron chi connectivity index (χ3n) is 5.07. The molecule has 2 aliphatic rings. The quantitative estimate of drug-likeness (QED) is 0.818. The molecule has 1 atom stereocenters. The van der Waals surface area contributed by atoms with Gasteiger partial charge in [0, 0.05) is 25.9 Å². The summed E-state index contributed by atoms with van der Waals surface area (Å²) >= 11 is 0. The Bertz CT molecular complexity index is 423. The van der Waals surface area contributed by atoms with Crippen LogP contribution in [-0.2, 0) is 15.9 Å². The Morgan fingerprint density at radius 2 is 1.86 bits per heavy atom. The van der Waals surface area contributed by atoms with Gasteiger partial charge in [0.2, 0.25) is 0 Å². The molecule has 1 aromatic rings. The van der Waals surface area contributed by atoms with Gasteiger partial charge in [0.1, 0.15) is 0 Å². The number of hydrogen-bond donors (Lipinski definition) is 1. The van der Waals surface area contributed by atoms with Gasteiger partial charge in [-0.2, -0.15) is 0 Å². The molecule has 1 N–H and O–H groups in total. The summed E-state index contributed by atoms with van der Waals surface area (Å²) in [5, 5.41) is 3.76. The fraction of sp³-hybridized carbons (Fsp3) is 0.684. The molecule has 0 radical (unpaired) electrons. The Balaban J connectivity index is 1.33. The number of nitrogens with one attached hydrogen (secondary N) is 1. The molecule has 2 heterocycles. The summed E-state index contributed by atoms with van der Waals surface area (Å²) < 4.78 is 11.6. The lowest BCUT2D eigenvalue weighted by atomic mass is 9.84. The Kier molecular flexibility index (Phi) is 5.88. The number of hydrogen-bond acceptors (Lipinski definition) is 3. The molecule has 1 aromatic carbocycles. The molecule has 2 aliphatic heterocycles. The van der Waals surface area contributed by atoms with Crippen LogP contribution in [0.1, 0.15) is 44.1 Å². The van der Waals surface area contributed by atoms with E-state index in [1.165, 1.54) is 24.8 Å². The van der Waals surface area contributed by atoms with Crippen LogP contribution in [0.3, 0.4) is 0 Å². The maximum atomic E-state index is 6.10. The van der Waals surface area contributed by atoms with Crippen LogP contribution < -0.4 is 5.32 Å². The zero-order valence-electron chi connectivity index (χ0n) is 13.6. The molecule has 2 saturated heterocycles. The number of rotatable bonds is 6. The SMILES string of the molecule is c1ccc(CCCCN[C@H]2CCOC3(CCOCC3)C2)cc1. The van der Waals surface area contributed by atoms with E-state index in [-0.39, 0.29) is 5.60 Å². The normalized spacial score (nSPS) is 24.5. The molecule has 0 aliphatic carbocycles. The molecule has 122 valence electrons. The third-order valence-corrected chi connectivity index (χ3v) is 5.07. The van der Waals surface area contributed by atoms with Gasteiger partial charge in [-0.25, -0.2) is 0 Å². The fourth-order valence-electron chi connectivity index (χ4n) is 3.70. The molecule has 0 aromatic heterocycles. The van der Waals surface area contributed by atoms with Crippen molar-refractivity contribution < 1.29 is 9.47 Å².